The van der Waals surface area contributed by atoms with Gasteiger partial charge in [-0.1, -0.05) is 12.1 Å². The number of pyridine rings is 1. The lowest BCUT2D eigenvalue weighted by Gasteiger charge is -2.08. The third-order valence-corrected chi connectivity index (χ3v) is 3.64. The van der Waals surface area contributed by atoms with Crippen molar-refractivity contribution in [1.29, 1.82) is 0 Å². The van der Waals surface area contributed by atoms with E-state index in [2.05, 4.69) is 15.8 Å². The SMILES string of the molecule is Cc1ccc(C(=O)NNC(=O)c2c(C)nc3ccccn23)cc1F. The molecule has 0 aliphatic carbocycles. The maximum atomic E-state index is 13.5. The Bertz CT molecular complexity index is 949. The fourth-order valence-corrected chi connectivity index (χ4v) is 2.37. The van der Waals surface area contributed by atoms with Gasteiger partial charge in [0.15, 0.2) is 0 Å². The van der Waals surface area contributed by atoms with Crippen molar-refractivity contribution in [1.82, 2.24) is 20.2 Å². The number of imidazole rings is 1. The second-order valence-electron chi connectivity index (χ2n) is 5.35. The quantitative estimate of drug-likeness (QED) is 0.709. The lowest BCUT2D eigenvalue weighted by atomic mass is 10.1. The summed E-state index contributed by atoms with van der Waals surface area (Å²) in [4.78, 5) is 28.6. The van der Waals surface area contributed by atoms with E-state index in [4.69, 9.17) is 0 Å². The first-order valence-corrected chi connectivity index (χ1v) is 7.28. The minimum Gasteiger partial charge on any atom is -0.295 e. The number of aromatic nitrogens is 2. The van der Waals surface area contributed by atoms with Gasteiger partial charge in [0.1, 0.15) is 17.2 Å². The van der Waals surface area contributed by atoms with Crippen molar-refractivity contribution >= 4 is 17.5 Å². The fraction of sp³-hybridized carbons (Fsp3) is 0.118. The van der Waals surface area contributed by atoms with Crippen molar-refractivity contribution in [2.75, 3.05) is 0 Å². The number of carbonyl (C=O) groups is 2. The first-order valence-electron chi connectivity index (χ1n) is 7.28. The molecule has 3 rings (SSSR count). The van der Waals surface area contributed by atoms with Crippen LogP contribution in [-0.4, -0.2) is 21.2 Å². The Morgan fingerprint density at radius 1 is 1.08 bits per heavy atom. The van der Waals surface area contributed by atoms with Gasteiger partial charge in [0.2, 0.25) is 0 Å². The molecule has 0 aliphatic heterocycles. The van der Waals surface area contributed by atoms with Gasteiger partial charge in [-0.2, -0.15) is 0 Å². The molecule has 0 saturated heterocycles. The molecule has 0 fully saturated rings. The molecule has 3 aromatic rings. The third-order valence-electron chi connectivity index (χ3n) is 3.64. The van der Waals surface area contributed by atoms with Crippen molar-refractivity contribution in [3.05, 3.63) is 70.9 Å². The van der Waals surface area contributed by atoms with Gasteiger partial charge in [-0.15, -0.1) is 0 Å². The average molecular weight is 326 g/mol. The molecular formula is C17H15FN4O2. The topological polar surface area (TPSA) is 75.5 Å². The van der Waals surface area contributed by atoms with E-state index in [9.17, 15) is 14.0 Å². The summed E-state index contributed by atoms with van der Waals surface area (Å²) in [6, 6.07) is 9.48. The first kappa shape index (κ1) is 15.7. The highest BCUT2D eigenvalue weighted by Gasteiger charge is 2.17. The number of hydrogen-bond donors (Lipinski definition) is 2. The zero-order valence-corrected chi connectivity index (χ0v) is 13.1. The van der Waals surface area contributed by atoms with E-state index in [0.29, 0.717) is 22.6 Å². The van der Waals surface area contributed by atoms with Crippen LogP contribution in [0.25, 0.3) is 5.65 Å². The van der Waals surface area contributed by atoms with Crippen LogP contribution in [-0.2, 0) is 0 Å². The van der Waals surface area contributed by atoms with Gasteiger partial charge < -0.3 is 0 Å². The second kappa shape index (κ2) is 6.11. The van der Waals surface area contributed by atoms with Crippen molar-refractivity contribution in [2.24, 2.45) is 0 Å². The molecule has 0 atom stereocenters. The van der Waals surface area contributed by atoms with Crippen LogP contribution < -0.4 is 10.9 Å². The summed E-state index contributed by atoms with van der Waals surface area (Å²) in [6.07, 6.45) is 1.71. The summed E-state index contributed by atoms with van der Waals surface area (Å²) in [7, 11) is 0. The molecule has 2 heterocycles. The van der Waals surface area contributed by atoms with Crippen LogP contribution in [0.5, 0.6) is 0 Å². The second-order valence-corrected chi connectivity index (χ2v) is 5.35. The largest absolute Gasteiger partial charge is 0.295 e. The third kappa shape index (κ3) is 2.83. The zero-order chi connectivity index (χ0) is 17.3. The fourth-order valence-electron chi connectivity index (χ4n) is 2.37. The summed E-state index contributed by atoms with van der Waals surface area (Å²) in [5, 5.41) is 0. The van der Waals surface area contributed by atoms with E-state index in [1.807, 2.05) is 6.07 Å². The number of carbonyl (C=O) groups excluding carboxylic acids is 2. The molecule has 0 saturated carbocycles. The number of halogens is 1. The highest BCUT2D eigenvalue weighted by Crippen LogP contribution is 2.11. The highest BCUT2D eigenvalue weighted by atomic mass is 19.1. The number of fused-ring (bicyclic) bond motifs is 1. The van der Waals surface area contributed by atoms with Gasteiger partial charge in [-0.05, 0) is 43.7 Å². The van der Waals surface area contributed by atoms with Crippen LogP contribution >= 0.6 is 0 Å². The molecule has 0 aliphatic rings. The summed E-state index contributed by atoms with van der Waals surface area (Å²) < 4.78 is 15.1. The number of amides is 2. The summed E-state index contributed by atoms with van der Waals surface area (Å²) in [5.41, 5.74) is 6.66. The molecule has 0 radical (unpaired) electrons. The monoisotopic (exact) mass is 326 g/mol. The number of nitrogens with zero attached hydrogens (tertiary/aromatic N) is 2. The normalized spacial score (nSPS) is 10.6. The Morgan fingerprint density at radius 3 is 2.58 bits per heavy atom. The molecule has 24 heavy (non-hydrogen) atoms. The molecule has 2 N–H and O–H groups in total. The molecular weight excluding hydrogens is 311 g/mol. The Balaban J connectivity index is 1.76. The van der Waals surface area contributed by atoms with Gasteiger partial charge >= 0.3 is 0 Å². The predicted molar refractivity (Wildman–Crippen MR) is 86.0 cm³/mol. The van der Waals surface area contributed by atoms with Crippen molar-refractivity contribution in [3.8, 4) is 0 Å². The maximum Gasteiger partial charge on any atom is 0.288 e. The van der Waals surface area contributed by atoms with Crippen LogP contribution in [0, 0.1) is 19.7 Å². The van der Waals surface area contributed by atoms with Crippen LogP contribution in [0.2, 0.25) is 0 Å². The maximum absolute atomic E-state index is 13.5. The number of rotatable bonds is 2. The molecule has 0 spiro atoms. The lowest BCUT2D eigenvalue weighted by molar-refractivity contribution is 0.0843. The minimum absolute atomic E-state index is 0.119. The first-order chi connectivity index (χ1) is 11.5. The molecule has 1 aromatic carbocycles. The molecule has 2 aromatic heterocycles. The van der Waals surface area contributed by atoms with E-state index in [-0.39, 0.29) is 5.56 Å². The van der Waals surface area contributed by atoms with Crippen molar-refractivity contribution in [3.63, 3.8) is 0 Å². The van der Waals surface area contributed by atoms with Crippen LogP contribution in [0.4, 0.5) is 4.39 Å². The Kier molecular flexibility index (Phi) is 3.99. The molecule has 7 heteroatoms. The van der Waals surface area contributed by atoms with E-state index >= 15 is 0 Å². The Morgan fingerprint density at radius 2 is 1.83 bits per heavy atom. The number of benzene rings is 1. The predicted octanol–water partition coefficient (Wildman–Crippen LogP) is 2.17. The summed E-state index contributed by atoms with van der Waals surface area (Å²) in [6.45, 7) is 3.31. The van der Waals surface area contributed by atoms with Crippen molar-refractivity contribution in [2.45, 2.75) is 13.8 Å². The summed E-state index contributed by atoms with van der Waals surface area (Å²) >= 11 is 0. The smallest absolute Gasteiger partial charge is 0.288 e. The standard InChI is InChI=1S/C17H15FN4O2/c1-10-6-7-12(9-13(10)18)16(23)20-21-17(24)15-11(2)19-14-5-3-4-8-22(14)15/h3-9H,1-2H3,(H,20,23)(H,21,24). The number of hydrogen-bond acceptors (Lipinski definition) is 3. The van der Waals surface area contributed by atoms with E-state index < -0.39 is 17.6 Å². The lowest BCUT2D eigenvalue weighted by Crippen LogP contribution is -2.42. The van der Waals surface area contributed by atoms with Crippen molar-refractivity contribution < 1.29 is 14.0 Å². The molecule has 0 unspecified atom stereocenters. The van der Waals surface area contributed by atoms with Crippen LogP contribution in [0.1, 0.15) is 32.1 Å². The summed E-state index contributed by atoms with van der Waals surface area (Å²) in [5.74, 6) is -1.59. The highest BCUT2D eigenvalue weighted by molar-refractivity contribution is 5.99. The average Bonchev–Trinajstić information content (AvgIpc) is 2.90. The Labute approximate surface area is 137 Å². The van der Waals surface area contributed by atoms with Crippen LogP contribution in [0.15, 0.2) is 42.6 Å². The van der Waals surface area contributed by atoms with E-state index in [1.54, 1.807) is 36.6 Å². The van der Waals surface area contributed by atoms with Crippen LogP contribution in [0.3, 0.4) is 0 Å². The number of aryl methyl sites for hydroxylation is 2. The van der Waals surface area contributed by atoms with Gasteiger partial charge in [-0.3, -0.25) is 24.8 Å². The van der Waals surface area contributed by atoms with Gasteiger partial charge in [0.25, 0.3) is 11.8 Å². The molecule has 2 amide bonds. The van der Waals surface area contributed by atoms with E-state index in [1.165, 1.54) is 12.1 Å². The Hall–Kier alpha value is -3.22. The van der Waals surface area contributed by atoms with Gasteiger partial charge in [0.05, 0.1) is 5.69 Å². The number of nitrogens with one attached hydrogen (secondary N) is 2. The van der Waals surface area contributed by atoms with Gasteiger partial charge in [0, 0.05) is 11.8 Å². The molecule has 6 nitrogen and oxygen atoms in total. The van der Waals surface area contributed by atoms with E-state index in [0.717, 1.165) is 6.07 Å². The molecule has 122 valence electrons. The minimum atomic E-state index is -0.603. The number of hydrazine groups is 1. The zero-order valence-electron chi connectivity index (χ0n) is 13.1. The van der Waals surface area contributed by atoms with Gasteiger partial charge in [-0.25, -0.2) is 9.37 Å². The molecule has 0 bridgehead atoms.